The fraction of sp³-hybridized carbons (Fsp3) is 0.954. The zero-order valence-corrected chi connectivity index (χ0v) is 71.7. The first-order valence-electron chi connectivity index (χ1n) is 44.8. The Morgan fingerprint density at radius 3 is 0.642 bits per heavy atom. The summed E-state index contributed by atoms with van der Waals surface area (Å²) in [5.74, 6) is 0.331. The van der Waals surface area contributed by atoms with E-state index in [9.17, 15) is 43.2 Å². The summed E-state index contributed by atoms with van der Waals surface area (Å²) < 4.78 is 68.8. The number of esters is 4. The average Bonchev–Trinajstić information content (AvgIpc) is 0.916. The maximum absolute atomic E-state index is 13.1. The molecule has 19 heteroatoms. The highest BCUT2D eigenvalue weighted by atomic mass is 31.2. The molecule has 0 aromatic heterocycles. The summed E-state index contributed by atoms with van der Waals surface area (Å²) in [5, 5.41) is 10.7. The van der Waals surface area contributed by atoms with Crippen molar-refractivity contribution in [2.75, 3.05) is 39.6 Å². The molecule has 0 amide bonds. The molecule has 0 aromatic carbocycles. The third-order valence-electron chi connectivity index (χ3n) is 20.4. The Balaban J connectivity index is 5.16. The van der Waals surface area contributed by atoms with Gasteiger partial charge in [0.2, 0.25) is 0 Å². The minimum atomic E-state index is -4.97. The second-order valence-corrected chi connectivity index (χ2v) is 35.6. The van der Waals surface area contributed by atoms with E-state index in [2.05, 4.69) is 48.5 Å². The highest BCUT2D eigenvalue weighted by molar-refractivity contribution is 7.47. The minimum Gasteiger partial charge on any atom is -0.462 e. The van der Waals surface area contributed by atoms with Crippen LogP contribution in [0.3, 0.4) is 0 Å². The second-order valence-electron chi connectivity index (χ2n) is 32.7. The summed E-state index contributed by atoms with van der Waals surface area (Å²) >= 11 is 0. The van der Waals surface area contributed by atoms with Crippen LogP contribution in [0.25, 0.3) is 0 Å². The van der Waals surface area contributed by atoms with E-state index >= 15 is 0 Å². The molecule has 0 aliphatic heterocycles. The van der Waals surface area contributed by atoms with Gasteiger partial charge >= 0.3 is 39.5 Å². The van der Waals surface area contributed by atoms with Crippen LogP contribution in [0.5, 0.6) is 0 Å². The van der Waals surface area contributed by atoms with Gasteiger partial charge < -0.3 is 33.8 Å². The number of phosphoric acid groups is 2. The molecule has 0 saturated carbocycles. The van der Waals surface area contributed by atoms with Crippen LogP contribution in [0.4, 0.5) is 0 Å². The predicted octanol–water partition coefficient (Wildman–Crippen LogP) is 26.5. The first-order chi connectivity index (χ1) is 51.2. The van der Waals surface area contributed by atoms with Crippen LogP contribution in [-0.2, 0) is 65.4 Å². The van der Waals surface area contributed by atoms with Gasteiger partial charge in [0.05, 0.1) is 26.4 Å². The van der Waals surface area contributed by atoms with Crippen LogP contribution in [-0.4, -0.2) is 96.7 Å². The van der Waals surface area contributed by atoms with Gasteiger partial charge in [0.15, 0.2) is 12.2 Å². The van der Waals surface area contributed by atoms with Gasteiger partial charge in [-0.25, -0.2) is 9.13 Å². The molecule has 630 valence electrons. The van der Waals surface area contributed by atoms with Crippen molar-refractivity contribution in [2.45, 2.75) is 478 Å². The van der Waals surface area contributed by atoms with E-state index in [1.54, 1.807) is 0 Å². The van der Waals surface area contributed by atoms with Crippen molar-refractivity contribution in [1.82, 2.24) is 0 Å². The number of unbranched alkanes of at least 4 members (excludes halogenated alkanes) is 53. The number of aliphatic hydroxyl groups is 1. The van der Waals surface area contributed by atoms with E-state index in [-0.39, 0.29) is 25.7 Å². The van der Waals surface area contributed by atoms with Gasteiger partial charge in [0, 0.05) is 25.7 Å². The Labute approximate surface area is 651 Å². The van der Waals surface area contributed by atoms with Gasteiger partial charge in [-0.2, -0.15) is 0 Å². The maximum atomic E-state index is 13.1. The Morgan fingerprint density at radius 2 is 0.434 bits per heavy atom. The molecule has 2 unspecified atom stereocenters. The molecule has 17 nitrogen and oxygen atoms in total. The van der Waals surface area contributed by atoms with Crippen LogP contribution in [0.15, 0.2) is 0 Å². The summed E-state index contributed by atoms with van der Waals surface area (Å²) in [6, 6.07) is 0. The number of aliphatic hydroxyl groups excluding tert-OH is 1. The number of hydrogen-bond donors (Lipinski definition) is 3. The third-order valence-corrected chi connectivity index (χ3v) is 22.3. The molecule has 0 heterocycles. The summed E-state index contributed by atoms with van der Waals surface area (Å²) in [5.41, 5.74) is 0. The zero-order chi connectivity index (χ0) is 77.9. The number of ether oxygens (including phenoxy) is 4. The number of hydrogen-bond acceptors (Lipinski definition) is 15. The second kappa shape index (κ2) is 77.0. The van der Waals surface area contributed by atoms with Gasteiger partial charge in [-0.15, -0.1) is 0 Å². The molecule has 0 rings (SSSR count). The standard InChI is InChI=1S/C87H170O17P2/c1-8-9-10-11-44-54-61-68-84(89)97-74-82(103-86(91)70-64-57-50-43-37-31-25-24-28-34-40-47-53-60-67-80(6)7)76-101-105(93,94)99-72-81(88)73-100-106(95,96)102-77-83(104-87(92)71-63-56-49-42-36-30-23-19-15-13-17-21-27-33-39-46-52-59-66-79(4)5)75-98-85(90)69-62-55-48-41-35-29-22-18-14-12-16-20-26-32-38-45-51-58-65-78(2)3/h78-83,88H,8-77H2,1-7H3,(H,93,94)(H,95,96)/t81-,82+,83+/m0/s1. The van der Waals surface area contributed by atoms with Crippen LogP contribution in [0, 0.1) is 17.8 Å². The van der Waals surface area contributed by atoms with Crippen molar-refractivity contribution in [3.05, 3.63) is 0 Å². The topological polar surface area (TPSA) is 237 Å². The predicted molar refractivity (Wildman–Crippen MR) is 437 cm³/mol. The highest BCUT2D eigenvalue weighted by Crippen LogP contribution is 2.45. The van der Waals surface area contributed by atoms with Crippen molar-refractivity contribution in [2.24, 2.45) is 17.8 Å². The van der Waals surface area contributed by atoms with Crippen molar-refractivity contribution in [3.63, 3.8) is 0 Å². The molecule has 0 aliphatic carbocycles. The fourth-order valence-corrected chi connectivity index (χ4v) is 15.1. The zero-order valence-electron chi connectivity index (χ0n) is 69.9. The number of phosphoric ester groups is 2. The largest absolute Gasteiger partial charge is 0.472 e. The highest BCUT2D eigenvalue weighted by Gasteiger charge is 2.30. The Hall–Kier alpha value is -1.94. The van der Waals surface area contributed by atoms with Crippen LogP contribution < -0.4 is 0 Å². The fourth-order valence-electron chi connectivity index (χ4n) is 13.5. The van der Waals surface area contributed by atoms with Crippen LogP contribution >= 0.6 is 15.6 Å². The van der Waals surface area contributed by atoms with Gasteiger partial charge in [-0.1, -0.05) is 408 Å². The summed E-state index contributed by atoms with van der Waals surface area (Å²) in [7, 11) is -9.92. The lowest BCUT2D eigenvalue weighted by Crippen LogP contribution is -2.30. The molecule has 0 spiro atoms. The van der Waals surface area contributed by atoms with Gasteiger partial charge in [0.25, 0.3) is 0 Å². The van der Waals surface area contributed by atoms with Crippen LogP contribution in [0.1, 0.15) is 459 Å². The summed E-state index contributed by atoms with van der Waals surface area (Å²) in [4.78, 5) is 73.1. The lowest BCUT2D eigenvalue weighted by molar-refractivity contribution is -0.161. The van der Waals surface area contributed by atoms with Crippen molar-refractivity contribution in [3.8, 4) is 0 Å². The van der Waals surface area contributed by atoms with Gasteiger partial charge in [-0.3, -0.25) is 37.3 Å². The third kappa shape index (κ3) is 80.1. The summed E-state index contributed by atoms with van der Waals surface area (Å²) in [6.45, 7) is 12.0. The first-order valence-corrected chi connectivity index (χ1v) is 47.8. The summed E-state index contributed by atoms with van der Waals surface area (Å²) in [6.07, 6.45) is 68.3. The first kappa shape index (κ1) is 104. The average molecular weight is 1550 g/mol. The molecule has 0 saturated heterocycles. The van der Waals surface area contributed by atoms with Gasteiger partial charge in [0.1, 0.15) is 19.3 Å². The van der Waals surface area contributed by atoms with Crippen LogP contribution in [0.2, 0.25) is 0 Å². The van der Waals surface area contributed by atoms with E-state index in [1.165, 1.54) is 257 Å². The molecule has 0 aliphatic rings. The molecule has 3 N–H and O–H groups in total. The smallest absolute Gasteiger partial charge is 0.462 e. The normalized spacial score (nSPS) is 13.9. The molecule has 0 bridgehead atoms. The van der Waals surface area contributed by atoms with E-state index in [0.717, 1.165) is 120 Å². The van der Waals surface area contributed by atoms with E-state index in [1.807, 2.05) is 0 Å². The lowest BCUT2D eigenvalue weighted by Gasteiger charge is -2.21. The molecule has 106 heavy (non-hydrogen) atoms. The SMILES string of the molecule is CCCCCCCCCC(=O)OC[C@H](COP(=O)(O)OC[C@H](O)COP(=O)(O)OC[C@@H](COC(=O)CCCCCCCCCCCCCCCCCCCCC(C)C)OC(=O)CCCCCCCCCCCCCCCCCCCCC(C)C)OC(=O)CCCCCCCCCCCCCCCCC(C)C. The van der Waals surface area contributed by atoms with E-state index in [4.69, 9.17) is 37.0 Å². The lowest BCUT2D eigenvalue weighted by atomic mass is 10.0. The Kier molecular flexibility index (Phi) is 75.6. The molecule has 5 atom stereocenters. The monoisotopic (exact) mass is 1550 g/mol. The molecular formula is C87H170O17P2. The van der Waals surface area contributed by atoms with Crippen molar-refractivity contribution in [1.29, 1.82) is 0 Å². The quantitative estimate of drug-likeness (QED) is 0.0222. The van der Waals surface area contributed by atoms with Gasteiger partial charge in [-0.05, 0) is 43.4 Å². The van der Waals surface area contributed by atoms with Crippen molar-refractivity contribution >= 4 is 39.5 Å². The van der Waals surface area contributed by atoms with Crippen molar-refractivity contribution < 1.29 is 80.2 Å². The molecule has 0 fully saturated rings. The molecule has 0 aromatic rings. The Bertz CT molecular complexity index is 2040. The number of carbonyl (C=O) groups excluding carboxylic acids is 4. The molecule has 0 radical (unpaired) electrons. The maximum Gasteiger partial charge on any atom is 0.472 e. The van der Waals surface area contributed by atoms with E-state index in [0.29, 0.717) is 25.7 Å². The number of rotatable bonds is 85. The minimum absolute atomic E-state index is 0.107. The van der Waals surface area contributed by atoms with E-state index < -0.39 is 97.5 Å². The molecular weight excluding hydrogens is 1380 g/mol. The Morgan fingerprint density at radius 1 is 0.255 bits per heavy atom. The number of carbonyl (C=O) groups is 4.